The molecule has 0 atom stereocenters. The maximum Gasteiger partial charge on any atom is 0.0798 e. The van der Waals surface area contributed by atoms with Gasteiger partial charge in [0.25, 0.3) is 0 Å². The first-order chi connectivity index (χ1) is 5.36. The minimum Gasteiger partial charge on any atom is -0.327 e. The molecule has 0 saturated carbocycles. The molecule has 1 aromatic heterocycles. The molecule has 0 radical (unpaired) electrons. The second kappa shape index (κ2) is 4.26. The first-order valence-corrected chi connectivity index (χ1v) is 4.58. The van der Waals surface area contributed by atoms with Gasteiger partial charge in [-0.3, -0.25) is 0 Å². The summed E-state index contributed by atoms with van der Waals surface area (Å²) in [6.07, 6.45) is 3.06. The van der Waals surface area contributed by atoms with E-state index in [0.717, 1.165) is 12.1 Å². The highest BCUT2D eigenvalue weighted by molar-refractivity contribution is 7.07. The van der Waals surface area contributed by atoms with Gasteiger partial charge in [-0.25, -0.2) is 4.98 Å². The normalized spacial score (nSPS) is 12.0. The van der Waals surface area contributed by atoms with Gasteiger partial charge < -0.3 is 5.73 Å². The lowest BCUT2D eigenvalue weighted by atomic mass is 10.2. The molecule has 0 aliphatic heterocycles. The minimum absolute atomic E-state index is 0.633. The summed E-state index contributed by atoms with van der Waals surface area (Å²) >= 11 is 1.61. The van der Waals surface area contributed by atoms with Crippen molar-refractivity contribution in [1.29, 1.82) is 0 Å². The maximum atomic E-state index is 5.51. The monoisotopic (exact) mass is 168 g/mol. The van der Waals surface area contributed by atoms with E-state index in [2.05, 4.69) is 18.0 Å². The van der Waals surface area contributed by atoms with Crippen LogP contribution in [0.25, 0.3) is 6.08 Å². The van der Waals surface area contributed by atoms with Crippen molar-refractivity contribution >= 4 is 17.4 Å². The zero-order chi connectivity index (χ0) is 8.10. The van der Waals surface area contributed by atoms with Crippen LogP contribution in [-0.4, -0.2) is 11.5 Å². The number of nitrogens with zero attached hydrogens (tertiary/aromatic N) is 1. The van der Waals surface area contributed by atoms with Gasteiger partial charge in [-0.05, 0) is 12.5 Å². The van der Waals surface area contributed by atoms with Crippen molar-refractivity contribution in [3.05, 3.63) is 22.2 Å². The molecule has 0 amide bonds. The predicted octanol–water partition coefficient (Wildman–Crippen LogP) is 1.90. The fourth-order valence-corrected chi connectivity index (χ4v) is 1.32. The van der Waals surface area contributed by atoms with E-state index in [1.165, 1.54) is 5.57 Å². The molecule has 0 spiro atoms. The first-order valence-electron chi connectivity index (χ1n) is 3.64. The molecule has 2 N–H and O–H groups in total. The van der Waals surface area contributed by atoms with Crippen LogP contribution in [-0.2, 0) is 0 Å². The Labute approximate surface area is 70.8 Å². The van der Waals surface area contributed by atoms with Crippen LogP contribution in [0.5, 0.6) is 0 Å². The number of aromatic nitrogens is 1. The van der Waals surface area contributed by atoms with Gasteiger partial charge in [0.1, 0.15) is 0 Å². The lowest BCUT2D eigenvalue weighted by Crippen LogP contribution is -2.01. The Hall–Kier alpha value is -0.670. The van der Waals surface area contributed by atoms with Crippen LogP contribution >= 0.6 is 11.3 Å². The van der Waals surface area contributed by atoms with Crippen molar-refractivity contribution in [1.82, 2.24) is 4.98 Å². The predicted molar refractivity (Wildman–Crippen MR) is 49.4 cm³/mol. The van der Waals surface area contributed by atoms with Gasteiger partial charge in [-0.15, -0.1) is 11.3 Å². The van der Waals surface area contributed by atoms with E-state index < -0.39 is 0 Å². The SMILES string of the molecule is CCC(=Cc1cscn1)CN. The highest BCUT2D eigenvalue weighted by Crippen LogP contribution is 2.08. The molecule has 0 saturated heterocycles. The lowest BCUT2D eigenvalue weighted by Gasteiger charge is -1.96. The number of hydrogen-bond donors (Lipinski definition) is 1. The Morgan fingerprint density at radius 1 is 1.82 bits per heavy atom. The fraction of sp³-hybridized carbons (Fsp3) is 0.375. The Morgan fingerprint density at radius 2 is 2.64 bits per heavy atom. The smallest absolute Gasteiger partial charge is 0.0798 e. The van der Waals surface area contributed by atoms with Gasteiger partial charge in [0.15, 0.2) is 0 Å². The van der Waals surface area contributed by atoms with Crippen molar-refractivity contribution in [3.8, 4) is 0 Å². The van der Waals surface area contributed by atoms with Crippen LogP contribution in [0.15, 0.2) is 16.5 Å². The van der Waals surface area contributed by atoms with Crippen LogP contribution in [0.4, 0.5) is 0 Å². The van der Waals surface area contributed by atoms with Crippen LogP contribution in [0, 0.1) is 0 Å². The summed E-state index contributed by atoms with van der Waals surface area (Å²) < 4.78 is 0. The summed E-state index contributed by atoms with van der Waals surface area (Å²) in [5.74, 6) is 0. The van der Waals surface area contributed by atoms with E-state index in [4.69, 9.17) is 5.73 Å². The molecule has 0 unspecified atom stereocenters. The van der Waals surface area contributed by atoms with E-state index in [0.29, 0.717) is 6.54 Å². The molecule has 3 heteroatoms. The molecule has 1 heterocycles. The quantitative estimate of drug-likeness (QED) is 0.748. The summed E-state index contributed by atoms with van der Waals surface area (Å²) in [6.45, 7) is 2.74. The molecular weight excluding hydrogens is 156 g/mol. The number of hydrogen-bond acceptors (Lipinski definition) is 3. The summed E-state index contributed by atoms with van der Waals surface area (Å²) in [5, 5.41) is 2.02. The average molecular weight is 168 g/mol. The van der Waals surface area contributed by atoms with Crippen molar-refractivity contribution in [2.45, 2.75) is 13.3 Å². The molecule has 0 aliphatic rings. The number of rotatable bonds is 3. The van der Waals surface area contributed by atoms with Crippen molar-refractivity contribution in [2.75, 3.05) is 6.54 Å². The van der Waals surface area contributed by atoms with Gasteiger partial charge in [0.05, 0.1) is 11.2 Å². The van der Waals surface area contributed by atoms with E-state index in [-0.39, 0.29) is 0 Å². The molecule has 0 fully saturated rings. The van der Waals surface area contributed by atoms with Crippen LogP contribution in [0.1, 0.15) is 19.0 Å². The van der Waals surface area contributed by atoms with E-state index in [9.17, 15) is 0 Å². The lowest BCUT2D eigenvalue weighted by molar-refractivity contribution is 1.02. The zero-order valence-electron chi connectivity index (χ0n) is 6.58. The molecule has 1 aromatic rings. The molecule has 0 bridgehead atoms. The topological polar surface area (TPSA) is 38.9 Å². The molecule has 60 valence electrons. The highest BCUT2D eigenvalue weighted by Gasteiger charge is 1.92. The van der Waals surface area contributed by atoms with E-state index in [1.807, 2.05) is 10.9 Å². The molecule has 1 rings (SSSR count). The Balaban J connectivity index is 2.71. The van der Waals surface area contributed by atoms with E-state index >= 15 is 0 Å². The summed E-state index contributed by atoms with van der Waals surface area (Å²) in [7, 11) is 0. The Bertz CT molecular complexity index is 220. The molecule has 0 aliphatic carbocycles. The Morgan fingerprint density at radius 3 is 3.09 bits per heavy atom. The third-order valence-corrected chi connectivity index (χ3v) is 2.12. The Kier molecular flexibility index (Phi) is 3.26. The summed E-state index contributed by atoms with van der Waals surface area (Å²) in [4.78, 5) is 4.14. The summed E-state index contributed by atoms with van der Waals surface area (Å²) in [6, 6.07) is 0. The second-order valence-electron chi connectivity index (χ2n) is 2.27. The second-order valence-corrected chi connectivity index (χ2v) is 2.99. The van der Waals surface area contributed by atoms with Gasteiger partial charge in [0.2, 0.25) is 0 Å². The standard InChI is InChI=1S/C8H12N2S/c1-2-7(4-9)3-8-5-11-6-10-8/h3,5-6H,2,4,9H2,1H3. The van der Waals surface area contributed by atoms with E-state index in [1.54, 1.807) is 11.3 Å². The van der Waals surface area contributed by atoms with Gasteiger partial charge in [0, 0.05) is 11.9 Å². The third kappa shape index (κ3) is 2.44. The van der Waals surface area contributed by atoms with Gasteiger partial charge in [-0.1, -0.05) is 12.5 Å². The van der Waals surface area contributed by atoms with Crippen LogP contribution in [0.3, 0.4) is 0 Å². The summed E-state index contributed by atoms with van der Waals surface area (Å²) in [5.41, 5.74) is 9.61. The van der Waals surface area contributed by atoms with Gasteiger partial charge in [-0.2, -0.15) is 0 Å². The molecule has 2 nitrogen and oxygen atoms in total. The molecule has 11 heavy (non-hydrogen) atoms. The van der Waals surface area contributed by atoms with Crippen LogP contribution < -0.4 is 5.73 Å². The van der Waals surface area contributed by atoms with Crippen molar-refractivity contribution < 1.29 is 0 Å². The molecular formula is C8H12N2S. The minimum atomic E-state index is 0.633. The first kappa shape index (κ1) is 8.43. The highest BCUT2D eigenvalue weighted by atomic mass is 32.1. The van der Waals surface area contributed by atoms with Gasteiger partial charge >= 0.3 is 0 Å². The zero-order valence-corrected chi connectivity index (χ0v) is 7.40. The van der Waals surface area contributed by atoms with Crippen molar-refractivity contribution in [3.63, 3.8) is 0 Å². The van der Waals surface area contributed by atoms with Crippen LogP contribution in [0.2, 0.25) is 0 Å². The largest absolute Gasteiger partial charge is 0.327 e. The van der Waals surface area contributed by atoms with Crippen molar-refractivity contribution in [2.24, 2.45) is 5.73 Å². The number of nitrogens with two attached hydrogens (primary N) is 1. The molecule has 0 aromatic carbocycles. The maximum absolute atomic E-state index is 5.51. The fourth-order valence-electron chi connectivity index (χ4n) is 0.808. The third-order valence-electron chi connectivity index (χ3n) is 1.52. The number of thiazole rings is 1. The average Bonchev–Trinajstić information content (AvgIpc) is 2.52.